The largest absolute Gasteiger partial charge is 0.496 e. The highest BCUT2D eigenvalue weighted by molar-refractivity contribution is 7.92. The van der Waals surface area contributed by atoms with E-state index in [1.54, 1.807) is 48.9 Å². The Bertz CT molecular complexity index is 1300. The second-order valence-electron chi connectivity index (χ2n) is 6.61. The summed E-state index contributed by atoms with van der Waals surface area (Å²) in [6.45, 7) is 1.79. The summed E-state index contributed by atoms with van der Waals surface area (Å²) in [5.74, 6) is 1.57. The molecule has 0 amide bonds. The quantitative estimate of drug-likeness (QED) is 0.509. The van der Waals surface area contributed by atoms with Gasteiger partial charge in [0.1, 0.15) is 11.5 Å². The molecule has 154 valence electrons. The van der Waals surface area contributed by atoms with Crippen LogP contribution >= 0.6 is 0 Å². The van der Waals surface area contributed by atoms with Gasteiger partial charge in [0.25, 0.3) is 10.0 Å². The van der Waals surface area contributed by atoms with Crippen molar-refractivity contribution in [1.82, 2.24) is 14.4 Å². The van der Waals surface area contributed by atoms with E-state index in [1.807, 2.05) is 24.5 Å². The Morgan fingerprint density at radius 2 is 1.80 bits per heavy atom. The van der Waals surface area contributed by atoms with Crippen molar-refractivity contribution in [2.75, 3.05) is 18.9 Å². The predicted octanol–water partition coefficient (Wildman–Crippen LogP) is 3.52. The summed E-state index contributed by atoms with van der Waals surface area (Å²) in [4.78, 5) is 8.82. The minimum Gasteiger partial charge on any atom is -0.496 e. The number of fused-ring (bicyclic) bond motifs is 1. The summed E-state index contributed by atoms with van der Waals surface area (Å²) in [6.07, 6.45) is 5.34. The van der Waals surface area contributed by atoms with Gasteiger partial charge in [0.15, 0.2) is 0 Å². The number of ether oxygens (including phenoxy) is 2. The molecule has 0 spiro atoms. The number of rotatable bonds is 6. The summed E-state index contributed by atoms with van der Waals surface area (Å²) in [7, 11) is -0.814. The number of benzene rings is 2. The fraction of sp³-hybridized carbons (Fsp3) is 0.143. The van der Waals surface area contributed by atoms with Crippen LogP contribution in [-0.2, 0) is 10.0 Å². The van der Waals surface area contributed by atoms with E-state index >= 15 is 0 Å². The molecule has 0 saturated heterocycles. The first-order chi connectivity index (χ1) is 14.4. The summed E-state index contributed by atoms with van der Waals surface area (Å²) in [5.41, 5.74) is 2.42. The number of hydrogen-bond acceptors (Lipinski definition) is 6. The molecule has 0 aliphatic heterocycles. The minimum atomic E-state index is -3.84. The lowest BCUT2D eigenvalue weighted by atomic mass is 10.1. The van der Waals surface area contributed by atoms with Crippen LogP contribution in [0.3, 0.4) is 0 Å². The molecular formula is C21H20N4O4S. The van der Waals surface area contributed by atoms with Crippen molar-refractivity contribution < 1.29 is 17.9 Å². The number of methoxy groups -OCH3 is 2. The topological polar surface area (TPSA) is 94.8 Å². The molecule has 0 aliphatic carbocycles. The van der Waals surface area contributed by atoms with Crippen LogP contribution in [0.1, 0.15) is 5.56 Å². The number of aromatic nitrogens is 3. The zero-order chi connectivity index (χ0) is 21.3. The van der Waals surface area contributed by atoms with Crippen molar-refractivity contribution in [3.05, 3.63) is 66.6 Å². The van der Waals surface area contributed by atoms with E-state index < -0.39 is 10.0 Å². The molecule has 8 nitrogen and oxygen atoms in total. The Morgan fingerprint density at radius 3 is 2.50 bits per heavy atom. The first-order valence-electron chi connectivity index (χ1n) is 9.07. The van der Waals surface area contributed by atoms with Crippen molar-refractivity contribution >= 4 is 21.5 Å². The predicted molar refractivity (Wildman–Crippen MR) is 114 cm³/mol. The lowest BCUT2D eigenvalue weighted by Gasteiger charge is -2.14. The van der Waals surface area contributed by atoms with Crippen LogP contribution in [0, 0.1) is 6.92 Å². The van der Waals surface area contributed by atoms with Crippen molar-refractivity contribution in [2.24, 2.45) is 0 Å². The Labute approximate surface area is 174 Å². The smallest absolute Gasteiger partial charge is 0.262 e. The summed E-state index contributed by atoms with van der Waals surface area (Å²) < 4.78 is 40.9. The van der Waals surface area contributed by atoms with Gasteiger partial charge in [-0.15, -0.1) is 0 Å². The Hall–Kier alpha value is -3.59. The highest BCUT2D eigenvalue weighted by Gasteiger charge is 2.19. The van der Waals surface area contributed by atoms with Crippen LogP contribution in [0.5, 0.6) is 11.5 Å². The SMILES string of the molecule is COc1ccc(S(=O)(=O)Nc2cc(-c3cn4cccnc4n3)ccc2OC)cc1C. The van der Waals surface area contributed by atoms with Gasteiger partial charge < -0.3 is 9.47 Å². The summed E-state index contributed by atoms with van der Waals surface area (Å²) in [6, 6.07) is 11.7. The van der Waals surface area contributed by atoms with Crippen LogP contribution in [0.2, 0.25) is 0 Å². The van der Waals surface area contributed by atoms with Gasteiger partial charge in [-0.25, -0.2) is 18.4 Å². The normalized spacial score (nSPS) is 11.4. The number of imidazole rings is 1. The van der Waals surface area contributed by atoms with Crippen LogP contribution in [0.4, 0.5) is 5.69 Å². The van der Waals surface area contributed by atoms with E-state index in [-0.39, 0.29) is 4.90 Å². The average molecular weight is 424 g/mol. The van der Waals surface area contributed by atoms with Crippen LogP contribution in [0.25, 0.3) is 17.0 Å². The summed E-state index contributed by atoms with van der Waals surface area (Å²) in [5, 5.41) is 0. The van der Waals surface area contributed by atoms with Gasteiger partial charge in [-0.1, -0.05) is 0 Å². The molecule has 0 saturated carbocycles. The molecule has 2 aromatic heterocycles. The van der Waals surface area contributed by atoms with Crippen molar-refractivity contribution in [1.29, 1.82) is 0 Å². The number of nitrogens with zero attached hydrogens (tertiary/aromatic N) is 3. The third-order valence-corrected chi connectivity index (χ3v) is 6.01. The number of aryl methyl sites for hydroxylation is 1. The third kappa shape index (κ3) is 3.67. The molecule has 4 aromatic rings. The van der Waals surface area contributed by atoms with Gasteiger partial charge in [-0.05, 0) is 55.0 Å². The molecular weight excluding hydrogens is 404 g/mol. The Kier molecular flexibility index (Phi) is 5.04. The van der Waals surface area contributed by atoms with E-state index in [1.165, 1.54) is 13.2 Å². The highest BCUT2D eigenvalue weighted by atomic mass is 32.2. The van der Waals surface area contributed by atoms with Gasteiger partial charge in [0.05, 0.1) is 30.5 Å². The van der Waals surface area contributed by atoms with E-state index in [4.69, 9.17) is 9.47 Å². The fourth-order valence-electron chi connectivity index (χ4n) is 3.14. The van der Waals surface area contributed by atoms with Gasteiger partial charge in [-0.2, -0.15) is 0 Å². The van der Waals surface area contributed by atoms with Gasteiger partial charge in [0, 0.05) is 24.2 Å². The maximum absolute atomic E-state index is 13.0. The maximum atomic E-state index is 13.0. The standard InChI is InChI=1S/C21H20N4O4S/c1-14-11-16(6-8-19(14)28-2)30(26,27)24-17-12-15(5-7-20(17)29-3)18-13-25-10-4-9-22-21(25)23-18/h4-13,24H,1-3H3. The van der Waals surface area contributed by atoms with Crippen LogP contribution < -0.4 is 14.2 Å². The van der Waals surface area contributed by atoms with E-state index in [0.29, 0.717) is 28.7 Å². The molecule has 30 heavy (non-hydrogen) atoms. The average Bonchev–Trinajstić information content (AvgIpc) is 3.17. The first-order valence-corrected chi connectivity index (χ1v) is 10.5. The molecule has 2 heterocycles. The molecule has 0 radical (unpaired) electrons. The molecule has 4 rings (SSSR count). The zero-order valence-electron chi connectivity index (χ0n) is 16.7. The maximum Gasteiger partial charge on any atom is 0.262 e. The number of sulfonamides is 1. The molecule has 2 aromatic carbocycles. The minimum absolute atomic E-state index is 0.130. The van der Waals surface area contributed by atoms with Gasteiger partial charge in [0.2, 0.25) is 5.78 Å². The number of anilines is 1. The van der Waals surface area contributed by atoms with Crippen LogP contribution in [-0.4, -0.2) is 37.0 Å². The second-order valence-corrected chi connectivity index (χ2v) is 8.29. The highest BCUT2D eigenvalue weighted by Crippen LogP contribution is 2.32. The fourth-order valence-corrected chi connectivity index (χ4v) is 4.28. The first kappa shape index (κ1) is 19.7. The van der Waals surface area contributed by atoms with E-state index in [9.17, 15) is 8.42 Å². The third-order valence-electron chi connectivity index (χ3n) is 4.65. The lowest BCUT2D eigenvalue weighted by molar-refractivity contribution is 0.411. The molecule has 0 atom stereocenters. The molecule has 0 aliphatic rings. The molecule has 9 heteroatoms. The van der Waals surface area contributed by atoms with Gasteiger partial charge >= 0.3 is 0 Å². The Morgan fingerprint density at radius 1 is 1.03 bits per heavy atom. The van der Waals surface area contributed by atoms with Crippen LogP contribution in [0.15, 0.2) is 66.0 Å². The summed E-state index contributed by atoms with van der Waals surface area (Å²) >= 11 is 0. The molecule has 1 N–H and O–H groups in total. The Balaban J connectivity index is 1.72. The number of hydrogen-bond donors (Lipinski definition) is 1. The second kappa shape index (κ2) is 7.68. The molecule has 0 fully saturated rings. The lowest BCUT2D eigenvalue weighted by Crippen LogP contribution is -2.14. The van der Waals surface area contributed by atoms with Crippen molar-refractivity contribution in [3.63, 3.8) is 0 Å². The number of nitrogens with one attached hydrogen (secondary N) is 1. The van der Waals surface area contributed by atoms with E-state index in [0.717, 1.165) is 11.1 Å². The monoisotopic (exact) mass is 424 g/mol. The van der Waals surface area contributed by atoms with E-state index in [2.05, 4.69) is 14.7 Å². The zero-order valence-corrected chi connectivity index (χ0v) is 17.5. The molecule has 0 bridgehead atoms. The van der Waals surface area contributed by atoms with Gasteiger partial charge in [-0.3, -0.25) is 9.12 Å². The van der Waals surface area contributed by atoms with Crippen molar-refractivity contribution in [3.8, 4) is 22.8 Å². The van der Waals surface area contributed by atoms with Crippen molar-refractivity contribution in [2.45, 2.75) is 11.8 Å². The molecule has 0 unspecified atom stereocenters.